The predicted molar refractivity (Wildman–Crippen MR) is 41.1 cm³/mol. The lowest BCUT2D eigenvalue weighted by molar-refractivity contribution is 0.308. The molecule has 0 saturated heterocycles. The number of hydrogen-bond donors (Lipinski definition) is 1. The van der Waals surface area contributed by atoms with Gasteiger partial charge in [0, 0.05) is 18.8 Å². The molecule has 1 heterocycles. The van der Waals surface area contributed by atoms with E-state index in [0.717, 1.165) is 0 Å². The molecule has 0 bridgehead atoms. The number of aromatic nitrogens is 2. The smallest absolute Gasteiger partial charge is 0.275 e. The molecule has 0 amide bonds. The topological polar surface area (TPSA) is 87.2 Å². The van der Waals surface area contributed by atoms with E-state index in [0.29, 0.717) is 5.56 Å². The van der Waals surface area contributed by atoms with Crippen LogP contribution in [0.3, 0.4) is 0 Å². The maximum atomic E-state index is 10.3. The second-order valence-corrected chi connectivity index (χ2v) is 3.50. The molecular formula is C5H9N3O3S. The van der Waals surface area contributed by atoms with Crippen LogP contribution in [0.4, 0.5) is 0 Å². The number of hydrogen-bond acceptors (Lipinski definition) is 4. The fourth-order valence-electron chi connectivity index (χ4n) is 0.697. The van der Waals surface area contributed by atoms with Crippen LogP contribution < -0.4 is 5.14 Å². The van der Waals surface area contributed by atoms with Gasteiger partial charge in [0.05, 0.1) is 12.8 Å². The van der Waals surface area contributed by atoms with Gasteiger partial charge in [0.2, 0.25) is 0 Å². The Morgan fingerprint density at radius 3 is 2.83 bits per heavy atom. The van der Waals surface area contributed by atoms with Crippen LogP contribution in [0, 0.1) is 0 Å². The summed E-state index contributed by atoms with van der Waals surface area (Å²) in [6.07, 6.45) is 3.15. The Morgan fingerprint density at radius 2 is 2.42 bits per heavy atom. The molecule has 7 heteroatoms. The Bertz CT molecular complexity index is 356. The highest BCUT2D eigenvalue weighted by atomic mass is 32.2. The van der Waals surface area contributed by atoms with Gasteiger partial charge < -0.3 is 0 Å². The molecule has 1 rings (SSSR count). The van der Waals surface area contributed by atoms with E-state index in [1.165, 1.54) is 6.20 Å². The first-order chi connectivity index (χ1) is 5.47. The van der Waals surface area contributed by atoms with E-state index in [1.54, 1.807) is 17.9 Å². The van der Waals surface area contributed by atoms with Crippen molar-refractivity contribution in [2.75, 3.05) is 0 Å². The minimum absolute atomic E-state index is 0.0767. The molecule has 1 aromatic rings. The lowest BCUT2D eigenvalue weighted by Crippen LogP contribution is -2.15. The number of rotatable bonds is 3. The van der Waals surface area contributed by atoms with Crippen LogP contribution in [-0.4, -0.2) is 18.2 Å². The van der Waals surface area contributed by atoms with Crippen LogP contribution in [-0.2, 0) is 28.1 Å². The molecule has 0 radical (unpaired) electrons. The maximum absolute atomic E-state index is 10.3. The summed E-state index contributed by atoms with van der Waals surface area (Å²) in [6.45, 7) is -0.0767. The van der Waals surface area contributed by atoms with Crippen LogP contribution in [0.15, 0.2) is 12.4 Å². The van der Waals surface area contributed by atoms with Gasteiger partial charge in [0.1, 0.15) is 0 Å². The first-order valence-corrected chi connectivity index (χ1v) is 4.59. The molecular weight excluding hydrogens is 182 g/mol. The van der Waals surface area contributed by atoms with Gasteiger partial charge in [-0.05, 0) is 0 Å². The van der Waals surface area contributed by atoms with Gasteiger partial charge in [-0.3, -0.25) is 8.86 Å². The summed E-state index contributed by atoms with van der Waals surface area (Å²) in [6, 6.07) is 0. The quantitative estimate of drug-likeness (QED) is 0.673. The zero-order valence-corrected chi connectivity index (χ0v) is 7.28. The molecule has 0 atom stereocenters. The average Bonchev–Trinajstić information content (AvgIpc) is 2.30. The van der Waals surface area contributed by atoms with Crippen molar-refractivity contribution in [3.63, 3.8) is 0 Å². The Kier molecular flexibility index (Phi) is 2.46. The van der Waals surface area contributed by atoms with Crippen molar-refractivity contribution in [2.45, 2.75) is 6.61 Å². The van der Waals surface area contributed by atoms with E-state index in [4.69, 9.17) is 0 Å². The fraction of sp³-hybridized carbons (Fsp3) is 0.400. The van der Waals surface area contributed by atoms with Crippen LogP contribution in [0.2, 0.25) is 0 Å². The van der Waals surface area contributed by atoms with Crippen LogP contribution >= 0.6 is 0 Å². The molecule has 0 aromatic carbocycles. The molecule has 0 aliphatic rings. The molecule has 0 unspecified atom stereocenters. The standard InChI is InChI=1S/C5H9N3O3S/c1-8-3-5(2-7-8)4-11-12(6,9)10/h2-3H,4H2,1H3,(H2,6,9,10). The monoisotopic (exact) mass is 191 g/mol. The Balaban J connectivity index is 2.55. The van der Waals surface area contributed by atoms with E-state index in [9.17, 15) is 8.42 Å². The minimum atomic E-state index is -3.85. The van der Waals surface area contributed by atoms with Gasteiger partial charge in [-0.25, -0.2) is 5.14 Å². The molecule has 0 spiro atoms. The van der Waals surface area contributed by atoms with E-state index in [2.05, 4.69) is 14.4 Å². The zero-order valence-electron chi connectivity index (χ0n) is 6.47. The van der Waals surface area contributed by atoms with Crippen LogP contribution in [0.25, 0.3) is 0 Å². The Hall–Kier alpha value is -0.920. The van der Waals surface area contributed by atoms with Crippen LogP contribution in [0.1, 0.15) is 5.56 Å². The number of nitrogens with zero attached hydrogens (tertiary/aromatic N) is 2. The molecule has 0 saturated carbocycles. The van der Waals surface area contributed by atoms with Crippen molar-refractivity contribution < 1.29 is 12.6 Å². The summed E-state index contributed by atoms with van der Waals surface area (Å²) >= 11 is 0. The second-order valence-electron chi connectivity index (χ2n) is 2.28. The van der Waals surface area contributed by atoms with Gasteiger partial charge in [0.15, 0.2) is 0 Å². The maximum Gasteiger partial charge on any atom is 0.333 e. The number of nitrogens with two attached hydrogens (primary N) is 1. The molecule has 0 aliphatic heterocycles. The molecule has 2 N–H and O–H groups in total. The lowest BCUT2D eigenvalue weighted by Gasteiger charge is -1.95. The van der Waals surface area contributed by atoms with Gasteiger partial charge >= 0.3 is 10.3 Å². The first kappa shape index (κ1) is 9.17. The van der Waals surface area contributed by atoms with Gasteiger partial charge in [-0.15, -0.1) is 0 Å². The van der Waals surface area contributed by atoms with Crippen molar-refractivity contribution in [3.8, 4) is 0 Å². The summed E-state index contributed by atoms with van der Waals surface area (Å²) in [7, 11) is -2.13. The zero-order chi connectivity index (χ0) is 9.19. The summed E-state index contributed by atoms with van der Waals surface area (Å²) in [4.78, 5) is 0. The molecule has 0 aliphatic carbocycles. The van der Waals surface area contributed by atoms with Crippen molar-refractivity contribution in [1.29, 1.82) is 0 Å². The largest absolute Gasteiger partial charge is 0.333 e. The summed E-state index contributed by atoms with van der Waals surface area (Å²) in [5.74, 6) is 0. The SMILES string of the molecule is Cn1cc(COS(N)(=O)=O)cn1. The van der Waals surface area contributed by atoms with Gasteiger partial charge in [-0.1, -0.05) is 0 Å². The third kappa shape index (κ3) is 2.99. The van der Waals surface area contributed by atoms with Crippen molar-refractivity contribution in [1.82, 2.24) is 9.78 Å². The highest BCUT2D eigenvalue weighted by Gasteiger charge is 2.03. The molecule has 0 fully saturated rings. The highest BCUT2D eigenvalue weighted by Crippen LogP contribution is 1.99. The number of aryl methyl sites for hydroxylation is 1. The predicted octanol–water partition coefficient (Wildman–Crippen LogP) is -0.860. The first-order valence-electron chi connectivity index (χ1n) is 3.12. The fourth-order valence-corrected chi connectivity index (χ4v) is 0.997. The summed E-state index contributed by atoms with van der Waals surface area (Å²) in [5, 5.41) is 8.43. The Morgan fingerprint density at radius 1 is 1.75 bits per heavy atom. The van der Waals surface area contributed by atoms with E-state index < -0.39 is 10.3 Å². The summed E-state index contributed by atoms with van der Waals surface area (Å²) < 4.78 is 26.5. The second kappa shape index (κ2) is 3.21. The summed E-state index contributed by atoms with van der Waals surface area (Å²) in [5.41, 5.74) is 0.659. The lowest BCUT2D eigenvalue weighted by atomic mass is 10.4. The molecule has 6 nitrogen and oxygen atoms in total. The van der Waals surface area contributed by atoms with Gasteiger partial charge in [0.25, 0.3) is 0 Å². The molecule has 1 aromatic heterocycles. The highest BCUT2D eigenvalue weighted by molar-refractivity contribution is 7.84. The third-order valence-electron chi connectivity index (χ3n) is 1.15. The van der Waals surface area contributed by atoms with Crippen molar-refractivity contribution >= 4 is 10.3 Å². The average molecular weight is 191 g/mol. The third-order valence-corrected chi connectivity index (χ3v) is 1.59. The molecule has 12 heavy (non-hydrogen) atoms. The van der Waals surface area contributed by atoms with Crippen molar-refractivity contribution in [3.05, 3.63) is 18.0 Å². The van der Waals surface area contributed by atoms with E-state index in [-0.39, 0.29) is 6.61 Å². The van der Waals surface area contributed by atoms with Crippen molar-refractivity contribution in [2.24, 2.45) is 12.2 Å². The minimum Gasteiger partial charge on any atom is -0.275 e. The normalized spacial score (nSPS) is 11.8. The van der Waals surface area contributed by atoms with Crippen LogP contribution in [0.5, 0.6) is 0 Å². The Labute approximate surface area is 70.2 Å². The molecule has 68 valence electrons. The van der Waals surface area contributed by atoms with E-state index in [1.807, 2.05) is 0 Å². The van der Waals surface area contributed by atoms with Gasteiger partial charge in [-0.2, -0.15) is 13.5 Å². The van der Waals surface area contributed by atoms with E-state index >= 15 is 0 Å².